The molecule has 0 bridgehead atoms. The summed E-state index contributed by atoms with van der Waals surface area (Å²) in [5.74, 6) is 0. The minimum absolute atomic E-state index is 0.748. The first-order chi connectivity index (χ1) is 8.81. The van der Waals surface area contributed by atoms with Gasteiger partial charge in [-0.2, -0.15) is 5.06 Å². The molecular formula is C16H35NO. The van der Waals surface area contributed by atoms with E-state index in [0.29, 0.717) is 0 Å². The van der Waals surface area contributed by atoms with E-state index in [1.165, 1.54) is 75.7 Å². The molecule has 0 radical (unpaired) electrons. The number of hydroxylamine groups is 2. The van der Waals surface area contributed by atoms with Crippen LogP contribution in [0.5, 0.6) is 0 Å². The van der Waals surface area contributed by atoms with E-state index in [1.54, 1.807) is 0 Å². The topological polar surface area (TPSA) is 23.5 Å². The summed E-state index contributed by atoms with van der Waals surface area (Å²) < 4.78 is 0. The van der Waals surface area contributed by atoms with Gasteiger partial charge >= 0.3 is 0 Å². The first-order valence-electron chi connectivity index (χ1n) is 8.25. The highest BCUT2D eigenvalue weighted by Gasteiger charge is 1.96. The number of hydrogen-bond donors (Lipinski definition) is 1. The van der Waals surface area contributed by atoms with Gasteiger partial charge in [0.1, 0.15) is 0 Å². The molecule has 0 heterocycles. The Bertz CT molecular complexity index is 150. The number of hydrogen-bond acceptors (Lipinski definition) is 2. The molecule has 0 saturated heterocycles. The van der Waals surface area contributed by atoms with Crippen LogP contribution in [0.15, 0.2) is 0 Å². The summed E-state index contributed by atoms with van der Waals surface area (Å²) in [5.41, 5.74) is 0. The van der Waals surface area contributed by atoms with E-state index in [1.807, 2.05) is 6.92 Å². The Hall–Kier alpha value is -0.0800. The lowest BCUT2D eigenvalue weighted by Gasteiger charge is -2.10. The molecule has 0 aromatic rings. The molecular weight excluding hydrogens is 222 g/mol. The van der Waals surface area contributed by atoms with Crippen molar-refractivity contribution in [1.29, 1.82) is 0 Å². The molecule has 0 aromatic heterocycles. The molecule has 110 valence electrons. The van der Waals surface area contributed by atoms with Gasteiger partial charge < -0.3 is 5.21 Å². The second kappa shape index (κ2) is 15.0. The quantitative estimate of drug-likeness (QED) is 0.333. The SMILES string of the molecule is CCCCCCCCCCCCCCN(O)CC. The summed E-state index contributed by atoms with van der Waals surface area (Å²) in [6.45, 7) is 5.85. The summed E-state index contributed by atoms with van der Waals surface area (Å²) in [6, 6.07) is 0. The highest BCUT2D eigenvalue weighted by molar-refractivity contribution is 4.49. The summed E-state index contributed by atoms with van der Waals surface area (Å²) >= 11 is 0. The third-order valence-electron chi connectivity index (χ3n) is 3.63. The van der Waals surface area contributed by atoms with Gasteiger partial charge in [-0.05, 0) is 6.42 Å². The van der Waals surface area contributed by atoms with Crippen LogP contribution in [-0.4, -0.2) is 23.4 Å². The molecule has 0 aliphatic rings. The van der Waals surface area contributed by atoms with Crippen LogP contribution in [0.2, 0.25) is 0 Å². The van der Waals surface area contributed by atoms with Crippen molar-refractivity contribution in [1.82, 2.24) is 5.06 Å². The zero-order valence-electron chi connectivity index (χ0n) is 12.8. The first kappa shape index (κ1) is 17.9. The molecule has 0 amide bonds. The van der Waals surface area contributed by atoms with E-state index in [9.17, 15) is 5.21 Å². The fourth-order valence-corrected chi connectivity index (χ4v) is 2.29. The highest BCUT2D eigenvalue weighted by Crippen LogP contribution is 2.11. The zero-order valence-corrected chi connectivity index (χ0v) is 12.8. The van der Waals surface area contributed by atoms with Crippen molar-refractivity contribution in [3.05, 3.63) is 0 Å². The second-order valence-electron chi connectivity index (χ2n) is 5.44. The van der Waals surface area contributed by atoms with Crippen molar-refractivity contribution in [3.63, 3.8) is 0 Å². The summed E-state index contributed by atoms with van der Waals surface area (Å²) in [7, 11) is 0. The van der Waals surface area contributed by atoms with Crippen LogP contribution in [0.25, 0.3) is 0 Å². The molecule has 1 N–H and O–H groups in total. The standard InChI is InChI=1S/C16H35NO/c1-3-5-6-7-8-9-10-11-12-13-14-15-16-17(18)4-2/h18H,3-16H2,1-2H3. The molecule has 0 aliphatic heterocycles. The van der Waals surface area contributed by atoms with Crippen LogP contribution in [-0.2, 0) is 0 Å². The fraction of sp³-hybridized carbons (Fsp3) is 1.00. The maximum Gasteiger partial charge on any atom is 0.0238 e. The molecule has 0 fully saturated rings. The van der Waals surface area contributed by atoms with Crippen molar-refractivity contribution in [3.8, 4) is 0 Å². The van der Waals surface area contributed by atoms with E-state index < -0.39 is 0 Å². The van der Waals surface area contributed by atoms with Gasteiger partial charge in [-0.15, -0.1) is 0 Å². The van der Waals surface area contributed by atoms with Crippen LogP contribution in [0.1, 0.15) is 90.9 Å². The van der Waals surface area contributed by atoms with Gasteiger partial charge in [0.05, 0.1) is 0 Å². The van der Waals surface area contributed by atoms with Gasteiger partial charge in [0, 0.05) is 13.1 Å². The Morgan fingerprint density at radius 1 is 0.611 bits per heavy atom. The molecule has 0 saturated carbocycles. The van der Waals surface area contributed by atoms with Crippen LogP contribution in [0.4, 0.5) is 0 Å². The van der Waals surface area contributed by atoms with Crippen molar-refractivity contribution in [2.75, 3.05) is 13.1 Å². The fourth-order valence-electron chi connectivity index (χ4n) is 2.29. The summed E-state index contributed by atoms with van der Waals surface area (Å²) in [4.78, 5) is 0. The first-order valence-corrected chi connectivity index (χ1v) is 8.25. The largest absolute Gasteiger partial charge is 0.314 e. The lowest BCUT2D eigenvalue weighted by Crippen LogP contribution is -2.19. The Morgan fingerprint density at radius 2 is 1.00 bits per heavy atom. The van der Waals surface area contributed by atoms with E-state index >= 15 is 0 Å². The minimum atomic E-state index is 0.748. The van der Waals surface area contributed by atoms with Gasteiger partial charge in [0.25, 0.3) is 0 Å². The number of nitrogens with zero attached hydrogens (tertiary/aromatic N) is 1. The Balaban J connectivity index is 2.94. The average molecular weight is 257 g/mol. The smallest absolute Gasteiger partial charge is 0.0238 e. The maximum atomic E-state index is 9.25. The van der Waals surface area contributed by atoms with Crippen molar-refractivity contribution in [2.24, 2.45) is 0 Å². The van der Waals surface area contributed by atoms with Crippen molar-refractivity contribution >= 4 is 0 Å². The predicted molar refractivity (Wildman–Crippen MR) is 80.1 cm³/mol. The van der Waals surface area contributed by atoms with Gasteiger partial charge in [0.2, 0.25) is 0 Å². The lowest BCUT2D eigenvalue weighted by molar-refractivity contribution is -0.0869. The van der Waals surface area contributed by atoms with E-state index in [-0.39, 0.29) is 0 Å². The Kier molecular flexibility index (Phi) is 14.9. The van der Waals surface area contributed by atoms with E-state index in [0.717, 1.165) is 19.5 Å². The van der Waals surface area contributed by atoms with Crippen LogP contribution < -0.4 is 0 Å². The Morgan fingerprint density at radius 3 is 1.39 bits per heavy atom. The maximum absolute atomic E-state index is 9.25. The van der Waals surface area contributed by atoms with Gasteiger partial charge in [-0.25, -0.2) is 0 Å². The molecule has 18 heavy (non-hydrogen) atoms. The third-order valence-corrected chi connectivity index (χ3v) is 3.63. The minimum Gasteiger partial charge on any atom is -0.314 e. The molecule has 0 aromatic carbocycles. The predicted octanol–water partition coefficient (Wildman–Crippen LogP) is 5.40. The third kappa shape index (κ3) is 14.0. The van der Waals surface area contributed by atoms with Crippen molar-refractivity contribution in [2.45, 2.75) is 90.9 Å². The number of rotatable bonds is 14. The molecule has 0 aliphatic carbocycles. The van der Waals surface area contributed by atoms with Crippen LogP contribution >= 0.6 is 0 Å². The zero-order chi connectivity index (χ0) is 13.5. The van der Waals surface area contributed by atoms with E-state index in [2.05, 4.69) is 6.92 Å². The van der Waals surface area contributed by atoms with Crippen LogP contribution in [0.3, 0.4) is 0 Å². The monoisotopic (exact) mass is 257 g/mol. The number of unbranched alkanes of at least 4 members (excludes halogenated alkanes) is 11. The average Bonchev–Trinajstić information content (AvgIpc) is 2.39. The molecule has 0 rings (SSSR count). The second-order valence-corrected chi connectivity index (χ2v) is 5.44. The molecule has 0 atom stereocenters. The molecule has 0 unspecified atom stereocenters. The van der Waals surface area contributed by atoms with Gasteiger partial charge in [0.15, 0.2) is 0 Å². The van der Waals surface area contributed by atoms with Crippen LogP contribution in [0, 0.1) is 0 Å². The van der Waals surface area contributed by atoms with Crippen molar-refractivity contribution < 1.29 is 5.21 Å². The van der Waals surface area contributed by atoms with Gasteiger partial charge in [-0.3, -0.25) is 0 Å². The summed E-state index contributed by atoms with van der Waals surface area (Å²) in [5, 5.41) is 10.7. The normalized spacial score (nSPS) is 11.3. The molecule has 0 spiro atoms. The summed E-state index contributed by atoms with van der Waals surface area (Å²) in [6.07, 6.45) is 16.5. The lowest BCUT2D eigenvalue weighted by atomic mass is 10.1. The molecule has 2 heteroatoms. The Labute approximate surface area is 115 Å². The highest BCUT2D eigenvalue weighted by atomic mass is 16.5. The van der Waals surface area contributed by atoms with Gasteiger partial charge in [-0.1, -0.05) is 84.5 Å². The van der Waals surface area contributed by atoms with E-state index in [4.69, 9.17) is 0 Å². The molecule has 2 nitrogen and oxygen atoms in total.